The van der Waals surface area contributed by atoms with E-state index in [1.807, 2.05) is 0 Å². The quantitative estimate of drug-likeness (QED) is 0.377. The maximum atomic E-state index is 13.1. The molecule has 0 aromatic heterocycles. The summed E-state index contributed by atoms with van der Waals surface area (Å²) in [6.07, 6.45) is 0. The summed E-state index contributed by atoms with van der Waals surface area (Å²) < 4.78 is 68.5. The highest BCUT2D eigenvalue weighted by molar-refractivity contribution is 5.77. The molecule has 0 aliphatic rings. The molecular weight excluding hydrogens is 249 g/mol. The lowest BCUT2D eigenvalue weighted by atomic mass is 10.1. The fourth-order valence-corrected chi connectivity index (χ4v) is 1.14. The molecule has 17 heavy (non-hydrogen) atoms. The third-order valence-corrected chi connectivity index (χ3v) is 2.01. The van der Waals surface area contributed by atoms with E-state index >= 15 is 0 Å². The van der Waals surface area contributed by atoms with Crippen molar-refractivity contribution in [3.05, 3.63) is 34.6 Å². The van der Waals surface area contributed by atoms with Gasteiger partial charge >= 0.3 is 5.97 Å². The van der Waals surface area contributed by atoms with E-state index in [0.29, 0.717) is 0 Å². The molecular formula is C9H6F5NO2. The first-order valence-corrected chi connectivity index (χ1v) is 4.17. The average Bonchev–Trinajstić information content (AvgIpc) is 2.32. The molecule has 0 saturated heterocycles. The van der Waals surface area contributed by atoms with Gasteiger partial charge in [0.2, 0.25) is 5.82 Å². The van der Waals surface area contributed by atoms with E-state index < -0.39 is 46.7 Å². The first-order valence-electron chi connectivity index (χ1n) is 4.17. The molecule has 0 saturated carbocycles. The number of hydrogen-bond donors (Lipinski definition) is 1. The van der Waals surface area contributed by atoms with Gasteiger partial charge in [-0.15, -0.1) is 0 Å². The topological polar surface area (TPSA) is 52.3 Å². The van der Waals surface area contributed by atoms with Crippen molar-refractivity contribution >= 4 is 5.97 Å². The largest absolute Gasteiger partial charge is 0.468 e. The number of nitrogens with two attached hydrogens (primary N) is 1. The average molecular weight is 255 g/mol. The minimum atomic E-state index is -2.32. The lowest BCUT2D eigenvalue weighted by Crippen LogP contribution is -2.26. The summed E-state index contributed by atoms with van der Waals surface area (Å²) in [5, 5.41) is 0. The van der Waals surface area contributed by atoms with Gasteiger partial charge < -0.3 is 10.5 Å². The van der Waals surface area contributed by atoms with E-state index in [-0.39, 0.29) is 0 Å². The maximum absolute atomic E-state index is 13.1. The molecule has 0 aliphatic heterocycles. The standard InChI is InChI=1S/C9H6F5NO2/c1-17-9(16)8(15)2-3(10)5(12)7(14)6(13)4(2)11/h8H,15H2,1H3. The predicted octanol–water partition coefficient (Wildman–Crippen LogP) is 1.55. The second-order valence-electron chi connectivity index (χ2n) is 2.98. The number of methoxy groups -OCH3 is 1. The molecule has 0 fully saturated rings. The predicted molar refractivity (Wildman–Crippen MR) is 45.2 cm³/mol. The lowest BCUT2D eigenvalue weighted by molar-refractivity contribution is -0.142. The number of carbonyl (C=O) groups excluding carboxylic acids is 1. The molecule has 1 aromatic rings. The van der Waals surface area contributed by atoms with Crippen molar-refractivity contribution in [1.82, 2.24) is 0 Å². The molecule has 1 unspecified atom stereocenters. The molecule has 3 nitrogen and oxygen atoms in total. The Kier molecular flexibility index (Phi) is 3.66. The molecule has 0 heterocycles. The zero-order valence-corrected chi connectivity index (χ0v) is 8.36. The molecule has 8 heteroatoms. The van der Waals surface area contributed by atoms with Gasteiger partial charge in [-0.25, -0.2) is 22.0 Å². The number of ether oxygens (including phenoxy) is 1. The highest BCUT2D eigenvalue weighted by Crippen LogP contribution is 2.27. The summed E-state index contributed by atoms with van der Waals surface area (Å²) in [6, 6.07) is -2.09. The second-order valence-corrected chi connectivity index (χ2v) is 2.98. The lowest BCUT2D eigenvalue weighted by Gasteiger charge is -2.13. The first kappa shape index (κ1) is 13.4. The van der Waals surface area contributed by atoms with Crippen LogP contribution in [0.15, 0.2) is 0 Å². The van der Waals surface area contributed by atoms with Crippen molar-refractivity contribution < 1.29 is 31.5 Å². The van der Waals surface area contributed by atoms with Crippen LogP contribution in [0.25, 0.3) is 0 Å². The van der Waals surface area contributed by atoms with Gasteiger partial charge in [-0.2, -0.15) is 0 Å². The van der Waals surface area contributed by atoms with Gasteiger partial charge in [0.15, 0.2) is 23.3 Å². The molecule has 0 spiro atoms. The van der Waals surface area contributed by atoms with E-state index in [9.17, 15) is 26.7 Å². The van der Waals surface area contributed by atoms with Crippen LogP contribution < -0.4 is 5.73 Å². The second kappa shape index (κ2) is 4.66. The van der Waals surface area contributed by atoms with Crippen molar-refractivity contribution in [2.24, 2.45) is 5.73 Å². The van der Waals surface area contributed by atoms with Crippen molar-refractivity contribution in [2.45, 2.75) is 6.04 Å². The molecule has 0 bridgehead atoms. The van der Waals surface area contributed by atoms with Crippen LogP contribution in [-0.2, 0) is 9.53 Å². The Hall–Kier alpha value is -1.70. The van der Waals surface area contributed by atoms with Gasteiger partial charge in [-0.05, 0) is 0 Å². The Morgan fingerprint density at radius 2 is 1.35 bits per heavy atom. The van der Waals surface area contributed by atoms with Crippen molar-refractivity contribution in [2.75, 3.05) is 7.11 Å². The van der Waals surface area contributed by atoms with Crippen LogP contribution in [0.3, 0.4) is 0 Å². The van der Waals surface area contributed by atoms with Gasteiger partial charge in [0.05, 0.1) is 12.7 Å². The molecule has 2 N–H and O–H groups in total. The molecule has 0 amide bonds. The Balaban J connectivity index is 3.49. The summed E-state index contributed by atoms with van der Waals surface area (Å²) in [4.78, 5) is 10.9. The molecule has 1 rings (SSSR count). The van der Waals surface area contributed by atoms with Crippen LogP contribution in [0.2, 0.25) is 0 Å². The van der Waals surface area contributed by atoms with Crippen molar-refractivity contribution in [3.63, 3.8) is 0 Å². The van der Waals surface area contributed by atoms with Gasteiger partial charge in [-0.3, -0.25) is 4.79 Å². The Morgan fingerprint density at radius 3 is 1.71 bits per heavy atom. The van der Waals surface area contributed by atoms with Gasteiger partial charge in [0.1, 0.15) is 6.04 Å². The third kappa shape index (κ3) is 2.07. The zero-order valence-electron chi connectivity index (χ0n) is 8.36. The summed E-state index contributed by atoms with van der Waals surface area (Å²) in [5.41, 5.74) is 3.61. The number of esters is 1. The fraction of sp³-hybridized carbons (Fsp3) is 0.222. The highest BCUT2D eigenvalue weighted by atomic mass is 19.2. The minimum absolute atomic E-state index is 0.855. The number of carbonyl (C=O) groups is 1. The summed E-state index contributed by atoms with van der Waals surface area (Å²) >= 11 is 0. The summed E-state index contributed by atoms with van der Waals surface area (Å²) in [5.74, 6) is -12.3. The van der Waals surface area contributed by atoms with Crippen molar-refractivity contribution in [3.8, 4) is 0 Å². The number of halogens is 5. The molecule has 1 atom stereocenters. The van der Waals surface area contributed by atoms with Gasteiger partial charge in [0, 0.05) is 0 Å². The van der Waals surface area contributed by atoms with Crippen LogP contribution in [0.1, 0.15) is 11.6 Å². The fourth-order valence-electron chi connectivity index (χ4n) is 1.14. The van der Waals surface area contributed by atoms with Crippen molar-refractivity contribution in [1.29, 1.82) is 0 Å². The number of rotatable bonds is 2. The smallest absolute Gasteiger partial charge is 0.327 e. The van der Waals surface area contributed by atoms with Crippen LogP contribution >= 0.6 is 0 Å². The zero-order chi connectivity index (χ0) is 13.3. The minimum Gasteiger partial charge on any atom is -0.468 e. The number of hydrogen-bond acceptors (Lipinski definition) is 3. The molecule has 0 radical (unpaired) electrons. The highest BCUT2D eigenvalue weighted by Gasteiger charge is 2.32. The monoisotopic (exact) mass is 255 g/mol. The van der Waals surface area contributed by atoms with Gasteiger partial charge in [-0.1, -0.05) is 0 Å². The van der Waals surface area contributed by atoms with Crippen LogP contribution in [0, 0.1) is 29.1 Å². The SMILES string of the molecule is COC(=O)C(N)c1c(F)c(F)c(F)c(F)c1F. The number of benzene rings is 1. The van der Waals surface area contributed by atoms with E-state index in [2.05, 4.69) is 4.74 Å². The molecule has 94 valence electrons. The van der Waals surface area contributed by atoms with E-state index in [4.69, 9.17) is 5.73 Å². The van der Waals surface area contributed by atoms with E-state index in [0.717, 1.165) is 7.11 Å². The van der Waals surface area contributed by atoms with Crippen LogP contribution in [-0.4, -0.2) is 13.1 Å². The van der Waals surface area contributed by atoms with Gasteiger partial charge in [0.25, 0.3) is 0 Å². The van der Waals surface area contributed by atoms with Crippen LogP contribution in [0.4, 0.5) is 22.0 Å². The molecule has 1 aromatic carbocycles. The van der Waals surface area contributed by atoms with E-state index in [1.54, 1.807) is 0 Å². The molecule has 0 aliphatic carbocycles. The van der Waals surface area contributed by atoms with Crippen LogP contribution in [0.5, 0.6) is 0 Å². The third-order valence-electron chi connectivity index (χ3n) is 2.01. The Bertz CT molecular complexity index is 448. The maximum Gasteiger partial charge on any atom is 0.327 e. The summed E-state index contributed by atoms with van der Waals surface area (Å²) in [6.45, 7) is 0. The first-order chi connectivity index (χ1) is 7.82. The Labute approximate surface area is 92.0 Å². The van der Waals surface area contributed by atoms with E-state index in [1.165, 1.54) is 0 Å². The Morgan fingerprint density at radius 1 is 1.00 bits per heavy atom. The normalized spacial score (nSPS) is 12.4. The summed E-state index contributed by atoms with van der Waals surface area (Å²) in [7, 11) is 0.855.